The Morgan fingerprint density at radius 3 is 2.17 bits per heavy atom. The van der Waals surface area contributed by atoms with Gasteiger partial charge < -0.3 is 15.2 Å². The van der Waals surface area contributed by atoms with Crippen LogP contribution in [0.15, 0.2) is 24.3 Å². The fourth-order valence-corrected chi connectivity index (χ4v) is 1.44. The Morgan fingerprint density at radius 1 is 1.17 bits per heavy atom. The average molecular weight is 251 g/mol. The minimum atomic E-state index is -0.388. The molecule has 0 saturated carbocycles. The highest BCUT2D eigenvalue weighted by atomic mass is 16.5. The van der Waals surface area contributed by atoms with Crippen LogP contribution in [0.5, 0.6) is 5.75 Å². The van der Waals surface area contributed by atoms with Crippen molar-refractivity contribution in [2.45, 2.75) is 58.9 Å². The summed E-state index contributed by atoms with van der Waals surface area (Å²) < 4.78 is 5.59. The van der Waals surface area contributed by atoms with Crippen LogP contribution in [0.3, 0.4) is 0 Å². The molecule has 0 aromatic heterocycles. The van der Waals surface area contributed by atoms with Crippen LogP contribution in [0.1, 0.15) is 40.2 Å². The van der Waals surface area contributed by atoms with Crippen molar-refractivity contribution in [2.75, 3.05) is 0 Å². The van der Waals surface area contributed by atoms with E-state index in [4.69, 9.17) is 4.74 Å². The molecule has 2 N–H and O–H groups in total. The van der Waals surface area contributed by atoms with Crippen molar-refractivity contribution in [2.24, 2.45) is 0 Å². The maximum Gasteiger partial charge on any atom is 0.119 e. The van der Waals surface area contributed by atoms with Gasteiger partial charge in [0.1, 0.15) is 5.75 Å². The first-order chi connectivity index (χ1) is 8.31. The molecule has 0 aliphatic heterocycles. The summed E-state index contributed by atoms with van der Waals surface area (Å²) in [6.45, 7) is 10.6. The van der Waals surface area contributed by atoms with E-state index in [9.17, 15) is 5.11 Å². The molecule has 1 aromatic rings. The van der Waals surface area contributed by atoms with Crippen molar-refractivity contribution >= 4 is 0 Å². The number of nitrogens with one attached hydrogen (secondary N) is 1. The molecule has 1 aromatic carbocycles. The van der Waals surface area contributed by atoms with Crippen molar-refractivity contribution < 1.29 is 9.84 Å². The lowest BCUT2D eigenvalue weighted by molar-refractivity contribution is 0.0956. The largest absolute Gasteiger partial charge is 0.491 e. The van der Waals surface area contributed by atoms with Gasteiger partial charge in [-0.3, -0.25) is 0 Å². The Hall–Kier alpha value is -1.06. The van der Waals surface area contributed by atoms with E-state index in [1.807, 2.05) is 52.0 Å². The van der Waals surface area contributed by atoms with Crippen LogP contribution in [0.4, 0.5) is 0 Å². The van der Waals surface area contributed by atoms with Crippen molar-refractivity contribution in [3.8, 4) is 5.75 Å². The Labute approximate surface area is 110 Å². The molecule has 0 saturated heterocycles. The second kappa shape index (κ2) is 6.21. The summed E-state index contributed by atoms with van der Waals surface area (Å²) in [7, 11) is 0. The van der Waals surface area contributed by atoms with E-state index in [-0.39, 0.29) is 17.7 Å². The van der Waals surface area contributed by atoms with Gasteiger partial charge in [0.25, 0.3) is 0 Å². The average Bonchev–Trinajstić information content (AvgIpc) is 2.27. The standard InChI is InChI=1S/C15H25NO2/c1-11(2)18-14-8-6-13(7-9-14)10-16-15(4,5)12(3)17/h6-9,11-12,16-17H,10H2,1-5H3. The minimum Gasteiger partial charge on any atom is -0.491 e. The van der Waals surface area contributed by atoms with Crippen molar-refractivity contribution in [3.63, 3.8) is 0 Å². The monoisotopic (exact) mass is 251 g/mol. The first-order valence-electron chi connectivity index (χ1n) is 6.50. The third kappa shape index (κ3) is 4.67. The van der Waals surface area contributed by atoms with Crippen molar-refractivity contribution in [1.29, 1.82) is 0 Å². The summed E-state index contributed by atoms with van der Waals surface area (Å²) in [6.07, 6.45) is -0.191. The number of benzene rings is 1. The second-order valence-corrected chi connectivity index (χ2v) is 5.56. The van der Waals surface area contributed by atoms with Crippen LogP contribution < -0.4 is 10.1 Å². The molecule has 0 aliphatic carbocycles. The normalized spacial score (nSPS) is 13.7. The molecule has 3 nitrogen and oxygen atoms in total. The van der Waals surface area contributed by atoms with Gasteiger partial charge in [-0.2, -0.15) is 0 Å². The van der Waals surface area contributed by atoms with E-state index in [0.29, 0.717) is 0 Å². The molecule has 1 rings (SSSR count). The van der Waals surface area contributed by atoms with Crippen LogP contribution >= 0.6 is 0 Å². The van der Waals surface area contributed by atoms with Crippen LogP contribution in [0, 0.1) is 0 Å². The van der Waals surface area contributed by atoms with E-state index in [2.05, 4.69) is 5.32 Å². The summed E-state index contributed by atoms with van der Waals surface area (Å²) in [5.74, 6) is 0.892. The topological polar surface area (TPSA) is 41.5 Å². The van der Waals surface area contributed by atoms with Gasteiger partial charge >= 0.3 is 0 Å². The molecule has 18 heavy (non-hydrogen) atoms. The Balaban J connectivity index is 2.54. The van der Waals surface area contributed by atoms with Gasteiger partial charge in [0, 0.05) is 12.1 Å². The van der Waals surface area contributed by atoms with Gasteiger partial charge in [-0.15, -0.1) is 0 Å². The fourth-order valence-electron chi connectivity index (χ4n) is 1.44. The molecule has 0 aliphatic rings. The van der Waals surface area contributed by atoms with Crippen molar-refractivity contribution in [1.82, 2.24) is 5.32 Å². The van der Waals surface area contributed by atoms with Gasteiger partial charge in [-0.05, 0) is 52.3 Å². The summed E-state index contributed by atoms with van der Waals surface area (Å²) in [5.41, 5.74) is 0.896. The molecule has 0 spiro atoms. The SMILES string of the molecule is CC(C)Oc1ccc(CNC(C)(C)C(C)O)cc1. The van der Waals surface area contributed by atoms with Gasteiger partial charge in [0.15, 0.2) is 0 Å². The van der Waals surface area contributed by atoms with Crippen LogP contribution in [-0.2, 0) is 6.54 Å². The number of hydrogen-bond donors (Lipinski definition) is 2. The Bertz CT molecular complexity index is 355. The Kier molecular flexibility index (Phi) is 5.17. The van der Waals surface area contributed by atoms with E-state index in [0.717, 1.165) is 12.3 Å². The molecule has 0 fully saturated rings. The second-order valence-electron chi connectivity index (χ2n) is 5.56. The predicted octanol–water partition coefficient (Wildman–Crippen LogP) is 2.72. The smallest absolute Gasteiger partial charge is 0.119 e. The summed E-state index contributed by atoms with van der Waals surface area (Å²) in [5, 5.41) is 13.0. The molecule has 3 heteroatoms. The molecule has 0 heterocycles. The maximum atomic E-state index is 9.62. The molecule has 1 atom stereocenters. The van der Waals surface area contributed by atoms with Gasteiger partial charge in [-0.25, -0.2) is 0 Å². The molecule has 0 radical (unpaired) electrons. The highest BCUT2D eigenvalue weighted by Crippen LogP contribution is 2.15. The molecule has 0 bridgehead atoms. The van der Waals surface area contributed by atoms with Gasteiger partial charge in [0.2, 0.25) is 0 Å². The minimum absolute atomic E-state index is 0.197. The number of aliphatic hydroxyl groups excluding tert-OH is 1. The number of ether oxygens (including phenoxy) is 1. The summed E-state index contributed by atoms with van der Waals surface area (Å²) >= 11 is 0. The molecule has 0 amide bonds. The van der Waals surface area contributed by atoms with E-state index >= 15 is 0 Å². The molecule has 1 unspecified atom stereocenters. The predicted molar refractivity (Wildman–Crippen MR) is 74.8 cm³/mol. The van der Waals surface area contributed by atoms with E-state index in [1.54, 1.807) is 6.92 Å². The zero-order valence-electron chi connectivity index (χ0n) is 12.0. The van der Waals surface area contributed by atoms with Gasteiger partial charge in [0.05, 0.1) is 12.2 Å². The highest BCUT2D eigenvalue weighted by Gasteiger charge is 2.22. The van der Waals surface area contributed by atoms with Crippen molar-refractivity contribution in [3.05, 3.63) is 29.8 Å². The fraction of sp³-hybridized carbons (Fsp3) is 0.600. The van der Waals surface area contributed by atoms with Crippen LogP contribution in [0.25, 0.3) is 0 Å². The van der Waals surface area contributed by atoms with Gasteiger partial charge in [-0.1, -0.05) is 12.1 Å². The number of hydrogen-bond acceptors (Lipinski definition) is 3. The van der Waals surface area contributed by atoms with Crippen LogP contribution in [-0.4, -0.2) is 22.9 Å². The third-order valence-corrected chi connectivity index (χ3v) is 3.09. The lowest BCUT2D eigenvalue weighted by atomic mass is 9.98. The number of rotatable bonds is 6. The first-order valence-corrected chi connectivity index (χ1v) is 6.50. The quantitative estimate of drug-likeness (QED) is 0.817. The molecular weight excluding hydrogens is 226 g/mol. The third-order valence-electron chi connectivity index (χ3n) is 3.09. The highest BCUT2D eigenvalue weighted by molar-refractivity contribution is 5.27. The zero-order chi connectivity index (χ0) is 13.8. The zero-order valence-corrected chi connectivity index (χ0v) is 12.0. The number of aliphatic hydroxyl groups is 1. The maximum absolute atomic E-state index is 9.62. The lowest BCUT2D eigenvalue weighted by Crippen LogP contribution is -2.47. The Morgan fingerprint density at radius 2 is 1.72 bits per heavy atom. The summed E-state index contributed by atoms with van der Waals surface area (Å²) in [4.78, 5) is 0. The molecular formula is C15H25NO2. The van der Waals surface area contributed by atoms with E-state index < -0.39 is 0 Å². The molecule has 102 valence electrons. The lowest BCUT2D eigenvalue weighted by Gasteiger charge is -2.29. The van der Waals surface area contributed by atoms with E-state index in [1.165, 1.54) is 5.56 Å². The van der Waals surface area contributed by atoms with Crippen LogP contribution in [0.2, 0.25) is 0 Å². The first kappa shape index (κ1) is 15.0. The summed E-state index contributed by atoms with van der Waals surface area (Å²) in [6, 6.07) is 8.05.